The lowest BCUT2D eigenvalue weighted by molar-refractivity contribution is -0.126. The van der Waals surface area contributed by atoms with Crippen molar-refractivity contribution in [2.75, 3.05) is 18.6 Å². The summed E-state index contributed by atoms with van der Waals surface area (Å²) in [5, 5.41) is 0. The number of anilines is 1. The molecule has 1 saturated heterocycles. The number of carbonyl (C=O) groups excluding carboxylic acids is 2. The Hall–Kier alpha value is -2.69. The molecule has 0 saturated carbocycles. The number of methoxy groups -OCH3 is 1. The largest absolute Gasteiger partial charge is 0.465 e. The van der Waals surface area contributed by atoms with Gasteiger partial charge in [0, 0.05) is 12.7 Å². The Morgan fingerprint density at radius 3 is 2.84 bits per heavy atom. The van der Waals surface area contributed by atoms with E-state index in [0.29, 0.717) is 12.1 Å². The summed E-state index contributed by atoms with van der Waals surface area (Å²) in [6.07, 6.45) is 4.92. The van der Waals surface area contributed by atoms with E-state index in [1.165, 1.54) is 7.11 Å². The maximum atomic E-state index is 13.1. The molecular weight excluding hydrogens is 316 g/mol. The van der Waals surface area contributed by atoms with E-state index in [9.17, 15) is 9.59 Å². The quantitative estimate of drug-likeness (QED) is 0.791. The molecule has 25 heavy (non-hydrogen) atoms. The SMILES string of the molecule is COC(=O)c1ccc2c(c1)CC[C@]1(CCN(c3ccccn3)C1=O)C2. The number of benzene rings is 1. The van der Waals surface area contributed by atoms with Crippen molar-refractivity contribution in [2.45, 2.75) is 25.7 Å². The van der Waals surface area contributed by atoms with Gasteiger partial charge in [-0.1, -0.05) is 12.1 Å². The van der Waals surface area contributed by atoms with Crippen molar-refractivity contribution in [1.82, 2.24) is 4.98 Å². The number of ether oxygens (including phenoxy) is 1. The van der Waals surface area contributed by atoms with Crippen LogP contribution in [0.25, 0.3) is 0 Å². The summed E-state index contributed by atoms with van der Waals surface area (Å²) < 4.78 is 4.79. The standard InChI is InChI=1S/C20H20N2O3/c1-25-18(23)15-5-6-16-13-20(8-7-14(16)12-15)9-11-22(19(20)24)17-4-2-3-10-21-17/h2-6,10,12H,7-9,11,13H2,1H3/t20-/m0/s1. The van der Waals surface area contributed by atoms with Crippen LogP contribution < -0.4 is 4.90 Å². The Bertz CT molecular complexity index is 834. The number of fused-ring (bicyclic) bond motifs is 1. The average Bonchev–Trinajstić information content (AvgIpc) is 2.97. The smallest absolute Gasteiger partial charge is 0.337 e. The number of pyridine rings is 1. The zero-order valence-electron chi connectivity index (χ0n) is 14.2. The number of aromatic nitrogens is 1. The predicted molar refractivity (Wildman–Crippen MR) is 93.4 cm³/mol. The molecule has 0 unspecified atom stereocenters. The molecule has 1 aliphatic carbocycles. The van der Waals surface area contributed by atoms with Gasteiger partial charge < -0.3 is 4.74 Å². The highest BCUT2D eigenvalue weighted by atomic mass is 16.5. The topological polar surface area (TPSA) is 59.5 Å². The van der Waals surface area contributed by atoms with Gasteiger partial charge in [0.25, 0.3) is 0 Å². The predicted octanol–water partition coefficient (Wildman–Crippen LogP) is 2.78. The summed E-state index contributed by atoms with van der Waals surface area (Å²) in [6.45, 7) is 0.714. The highest BCUT2D eigenvalue weighted by Crippen LogP contribution is 2.44. The average molecular weight is 336 g/mol. The van der Waals surface area contributed by atoms with Gasteiger partial charge in [0.15, 0.2) is 0 Å². The summed E-state index contributed by atoms with van der Waals surface area (Å²) in [5.41, 5.74) is 2.55. The fraction of sp³-hybridized carbons (Fsp3) is 0.350. The molecule has 2 aromatic rings. The summed E-state index contributed by atoms with van der Waals surface area (Å²) in [5.74, 6) is 0.589. The molecule has 1 amide bonds. The van der Waals surface area contributed by atoms with Crippen molar-refractivity contribution in [3.05, 3.63) is 59.3 Å². The Morgan fingerprint density at radius 1 is 1.20 bits per heavy atom. The summed E-state index contributed by atoms with van der Waals surface area (Å²) in [4.78, 5) is 31.0. The van der Waals surface area contributed by atoms with Gasteiger partial charge in [0.2, 0.25) is 5.91 Å². The fourth-order valence-electron chi connectivity index (χ4n) is 4.05. The van der Waals surface area contributed by atoms with E-state index >= 15 is 0 Å². The molecule has 1 aromatic carbocycles. The van der Waals surface area contributed by atoms with E-state index in [-0.39, 0.29) is 17.3 Å². The molecule has 1 aliphatic heterocycles. The minimum absolute atomic E-state index is 0.175. The molecule has 0 bridgehead atoms. The zero-order chi connectivity index (χ0) is 17.4. The Kier molecular flexibility index (Phi) is 3.79. The molecular formula is C20H20N2O3. The molecule has 128 valence electrons. The first-order valence-corrected chi connectivity index (χ1v) is 8.56. The van der Waals surface area contributed by atoms with Crippen molar-refractivity contribution in [2.24, 2.45) is 5.41 Å². The van der Waals surface area contributed by atoms with Crippen LogP contribution in [-0.4, -0.2) is 30.5 Å². The first-order valence-electron chi connectivity index (χ1n) is 8.56. The Labute approximate surface area is 146 Å². The van der Waals surface area contributed by atoms with Crippen LogP contribution in [0.4, 0.5) is 5.82 Å². The van der Waals surface area contributed by atoms with E-state index in [1.54, 1.807) is 12.3 Å². The molecule has 1 spiro atoms. The number of rotatable bonds is 2. The lowest BCUT2D eigenvalue weighted by atomic mass is 9.70. The van der Waals surface area contributed by atoms with Gasteiger partial charge in [0.05, 0.1) is 18.1 Å². The minimum atomic E-state index is -0.336. The Balaban J connectivity index is 1.60. The van der Waals surface area contributed by atoms with Gasteiger partial charge in [-0.2, -0.15) is 0 Å². The molecule has 0 radical (unpaired) electrons. The molecule has 1 aromatic heterocycles. The number of hydrogen-bond acceptors (Lipinski definition) is 4. The third kappa shape index (κ3) is 2.60. The number of esters is 1. The van der Waals surface area contributed by atoms with Crippen LogP contribution in [0.2, 0.25) is 0 Å². The van der Waals surface area contributed by atoms with Crippen LogP contribution in [0, 0.1) is 5.41 Å². The lowest BCUT2D eigenvalue weighted by Crippen LogP contribution is -2.39. The van der Waals surface area contributed by atoms with Crippen LogP contribution in [0.1, 0.15) is 34.3 Å². The van der Waals surface area contributed by atoms with Crippen molar-refractivity contribution < 1.29 is 14.3 Å². The van der Waals surface area contributed by atoms with Gasteiger partial charge in [-0.05, 0) is 61.1 Å². The zero-order valence-corrected chi connectivity index (χ0v) is 14.2. The highest BCUT2D eigenvalue weighted by molar-refractivity contribution is 5.99. The van der Waals surface area contributed by atoms with Crippen molar-refractivity contribution >= 4 is 17.7 Å². The number of nitrogens with zero attached hydrogens (tertiary/aromatic N) is 2. The molecule has 2 aliphatic rings. The van der Waals surface area contributed by atoms with Crippen LogP contribution in [0.5, 0.6) is 0 Å². The maximum Gasteiger partial charge on any atom is 0.337 e. The minimum Gasteiger partial charge on any atom is -0.465 e. The first-order chi connectivity index (χ1) is 12.1. The Morgan fingerprint density at radius 2 is 2.08 bits per heavy atom. The van der Waals surface area contributed by atoms with E-state index in [0.717, 1.165) is 42.6 Å². The van der Waals surface area contributed by atoms with Gasteiger partial charge in [0.1, 0.15) is 5.82 Å². The van der Waals surface area contributed by atoms with Crippen molar-refractivity contribution in [1.29, 1.82) is 0 Å². The van der Waals surface area contributed by atoms with Crippen molar-refractivity contribution in [3.63, 3.8) is 0 Å². The second kappa shape index (κ2) is 5.99. The van der Waals surface area contributed by atoms with Crippen LogP contribution in [0.3, 0.4) is 0 Å². The van der Waals surface area contributed by atoms with Gasteiger partial charge in [-0.25, -0.2) is 9.78 Å². The number of hydrogen-bond donors (Lipinski definition) is 0. The van der Waals surface area contributed by atoms with E-state index in [2.05, 4.69) is 4.98 Å². The third-order valence-electron chi connectivity index (χ3n) is 5.47. The molecule has 1 atom stereocenters. The number of aryl methyl sites for hydroxylation is 1. The van der Waals surface area contributed by atoms with E-state index in [1.807, 2.05) is 35.2 Å². The van der Waals surface area contributed by atoms with Crippen molar-refractivity contribution in [3.8, 4) is 0 Å². The molecule has 5 heteroatoms. The second-order valence-electron chi connectivity index (χ2n) is 6.83. The normalized spacial score (nSPS) is 22.1. The van der Waals surface area contributed by atoms with E-state index < -0.39 is 0 Å². The summed E-state index contributed by atoms with van der Waals surface area (Å²) >= 11 is 0. The van der Waals surface area contributed by atoms with Crippen LogP contribution >= 0.6 is 0 Å². The second-order valence-corrected chi connectivity index (χ2v) is 6.83. The third-order valence-corrected chi connectivity index (χ3v) is 5.47. The maximum absolute atomic E-state index is 13.1. The van der Waals surface area contributed by atoms with Gasteiger partial charge in [-0.3, -0.25) is 9.69 Å². The van der Waals surface area contributed by atoms with Crippen LogP contribution in [-0.2, 0) is 22.4 Å². The van der Waals surface area contributed by atoms with Gasteiger partial charge in [-0.15, -0.1) is 0 Å². The fourth-order valence-corrected chi connectivity index (χ4v) is 4.05. The number of amides is 1. The van der Waals surface area contributed by atoms with Gasteiger partial charge >= 0.3 is 5.97 Å². The molecule has 5 nitrogen and oxygen atoms in total. The number of carbonyl (C=O) groups is 2. The lowest BCUT2D eigenvalue weighted by Gasteiger charge is -2.33. The highest BCUT2D eigenvalue weighted by Gasteiger charge is 2.48. The monoisotopic (exact) mass is 336 g/mol. The van der Waals surface area contributed by atoms with Crippen LogP contribution in [0.15, 0.2) is 42.6 Å². The summed E-state index contributed by atoms with van der Waals surface area (Å²) in [7, 11) is 1.39. The first kappa shape index (κ1) is 15.8. The summed E-state index contributed by atoms with van der Waals surface area (Å²) in [6, 6.07) is 11.3. The molecule has 2 heterocycles. The molecule has 0 N–H and O–H groups in total. The van der Waals surface area contributed by atoms with E-state index in [4.69, 9.17) is 4.74 Å². The molecule has 1 fully saturated rings. The molecule has 4 rings (SSSR count).